The number of hydrogen-bond donors (Lipinski definition) is 1. The zero-order valence-corrected chi connectivity index (χ0v) is 8.37. The van der Waals surface area contributed by atoms with Crippen LogP contribution in [0.2, 0.25) is 0 Å². The molecule has 1 heterocycles. The maximum absolute atomic E-state index is 9.28. The summed E-state index contributed by atoms with van der Waals surface area (Å²) in [5.74, 6) is 0.933. The molecule has 1 aliphatic heterocycles. The quantitative estimate of drug-likeness (QED) is 0.665. The Bertz CT molecular complexity index is 214. The normalized spacial score (nSPS) is 35.2. The van der Waals surface area contributed by atoms with Gasteiger partial charge in [-0.2, -0.15) is 0 Å². The Morgan fingerprint density at radius 1 is 1.69 bits per heavy atom. The lowest BCUT2D eigenvalue weighted by Crippen LogP contribution is -2.43. The van der Waals surface area contributed by atoms with Crippen molar-refractivity contribution in [3.05, 3.63) is 12.2 Å². The molecule has 3 atom stereocenters. The third kappa shape index (κ3) is 1.65. The van der Waals surface area contributed by atoms with Crippen molar-refractivity contribution >= 4 is 0 Å². The molecule has 2 aliphatic rings. The number of likely N-dealkylation sites (tertiary alicyclic amines) is 1. The summed E-state index contributed by atoms with van der Waals surface area (Å²) in [6, 6.07) is 0.984. The molecule has 2 rings (SSSR count). The zero-order chi connectivity index (χ0) is 9.42. The molecular weight excluding hydrogens is 162 g/mol. The van der Waals surface area contributed by atoms with Gasteiger partial charge < -0.3 is 5.11 Å². The van der Waals surface area contributed by atoms with Crippen molar-refractivity contribution in [1.29, 1.82) is 0 Å². The van der Waals surface area contributed by atoms with E-state index in [0.717, 1.165) is 24.1 Å². The van der Waals surface area contributed by atoms with Crippen LogP contribution in [0.3, 0.4) is 0 Å². The summed E-state index contributed by atoms with van der Waals surface area (Å²) in [6.07, 6.45) is 4.05. The summed E-state index contributed by atoms with van der Waals surface area (Å²) in [5.41, 5.74) is 1.11. The van der Waals surface area contributed by atoms with Gasteiger partial charge >= 0.3 is 0 Å². The molecule has 1 saturated carbocycles. The van der Waals surface area contributed by atoms with E-state index in [1.54, 1.807) is 0 Å². The minimum atomic E-state index is 0.218. The predicted octanol–water partition coefficient (Wildman–Crippen LogP) is 1.41. The van der Waals surface area contributed by atoms with Gasteiger partial charge in [-0.05, 0) is 38.6 Å². The monoisotopic (exact) mass is 181 g/mol. The molecule has 13 heavy (non-hydrogen) atoms. The fourth-order valence-corrected chi connectivity index (χ4v) is 2.58. The minimum absolute atomic E-state index is 0.218. The minimum Gasteiger partial charge on any atom is -0.394 e. The van der Waals surface area contributed by atoms with Gasteiger partial charge in [0.2, 0.25) is 0 Å². The molecule has 0 bridgehead atoms. The van der Waals surface area contributed by atoms with Crippen molar-refractivity contribution in [2.45, 2.75) is 38.3 Å². The van der Waals surface area contributed by atoms with E-state index in [1.807, 2.05) is 6.92 Å². The zero-order valence-electron chi connectivity index (χ0n) is 8.37. The standard InChI is InChI=1S/C11H19NO/c1-8(2)11(7-13)12-5-3-4-9-6-10(9)12/h9-11,13H,1,3-7H2,2H3. The topological polar surface area (TPSA) is 23.5 Å². The molecule has 3 unspecified atom stereocenters. The second-order valence-corrected chi connectivity index (χ2v) is 4.49. The Morgan fingerprint density at radius 3 is 3.08 bits per heavy atom. The third-order valence-corrected chi connectivity index (χ3v) is 3.44. The number of hydrogen-bond acceptors (Lipinski definition) is 2. The Balaban J connectivity index is 2.01. The van der Waals surface area contributed by atoms with Crippen LogP contribution in [0.4, 0.5) is 0 Å². The van der Waals surface area contributed by atoms with Crippen LogP contribution in [0, 0.1) is 5.92 Å². The summed E-state index contributed by atoms with van der Waals surface area (Å²) in [7, 11) is 0. The summed E-state index contributed by atoms with van der Waals surface area (Å²) in [6.45, 7) is 7.36. The lowest BCUT2D eigenvalue weighted by molar-refractivity contribution is 0.116. The van der Waals surface area contributed by atoms with Crippen molar-refractivity contribution in [2.75, 3.05) is 13.2 Å². The van der Waals surface area contributed by atoms with Gasteiger partial charge in [-0.25, -0.2) is 0 Å². The van der Waals surface area contributed by atoms with Crippen molar-refractivity contribution in [2.24, 2.45) is 5.92 Å². The van der Waals surface area contributed by atoms with Gasteiger partial charge in [-0.15, -0.1) is 0 Å². The molecule has 2 nitrogen and oxygen atoms in total. The van der Waals surface area contributed by atoms with Crippen LogP contribution in [0.25, 0.3) is 0 Å². The first-order valence-electron chi connectivity index (χ1n) is 5.26. The number of piperidine rings is 1. The molecule has 2 heteroatoms. The van der Waals surface area contributed by atoms with Crippen molar-refractivity contribution < 1.29 is 5.11 Å². The van der Waals surface area contributed by atoms with Crippen LogP contribution < -0.4 is 0 Å². The molecule has 1 saturated heterocycles. The number of aliphatic hydroxyl groups excluding tert-OH is 1. The predicted molar refractivity (Wildman–Crippen MR) is 53.5 cm³/mol. The van der Waals surface area contributed by atoms with Crippen LogP contribution in [0.1, 0.15) is 26.2 Å². The summed E-state index contributed by atoms with van der Waals surface area (Å²) < 4.78 is 0. The second-order valence-electron chi connectivity index (χ2n) is 4.49. The van der Waals surface area contributed by atoms with E-state index >= 15 is 0 Å². The van der Waals surface area contributed by atoms with Crippen molar-refractivity contribution in [1.82, 2.24) is 4.90 Å². The molecule has 0 aromatic rings. The van der Waals surface area contributed by atoms with Crippen LogP contribution >= 0.6 is 0 Å². The molecule has 1 aliphatic carbocycles. The van der Waals surface area contributed by atoms with E-state index < -0.39 is 0 Å². The van der Waals surface area contributed by atoms with E-state index in [2.05, 4.69) is 11.5 Å². The molecule has 0 amide bonds. The highest BCUT2D eigenvalue weighted by Gasteiger charge is 2.46. The number of fused-ring (bicyclic) bond motifs is 1. The highest BCUT2D eigenvalue weighted by atomic mass is 16.3. The van der Waals surface area contributed by atoms with Gasteiger partial charge in [0.1, 0.15) is 0 Å². The van der Waals surface area contributed by atoms with Gasteiger partial charge in [-0.1, -0.05) is 12.2 Å². The number of nitrogens with zero attached hydrogens (tertiary/aromatic N) is 1. The van der Waals surface area contributed by atoms with Gasteiger partial charge in [-0.3, -0.25) is 4.90 Å². The fraction of sp³-hybridized carbons (Fsp3) is 0.818. The maximum atomic E-state index is 9.28. The van der Waals surface area contributed by atoms with Crippen LogP contribution in [-0.2, 0) is 0 Å². The molecule has 0 aromatic heterocycles. The van der Waals surface area contributed by atoms with E-state index in [1.165, 1.54) is 19.3 Å². The largest absolute Gasteiger partial charge is 0.394 e. The molecular formula is C11H19NO. The summed E-state index contributed by atoms with van der Waals surface area (Å²) >= 11 is 0. The van der Waals surface area contributed by atoms with E-state index in [0.29, 0.717) is 0 Å². The smallest absolute Gasteiger partial charge is 0.0625 e. The van der Waals surface area contributed by atoms with Gasteiger partial charge in [0.05, 0.1) is 12.6 Å². The summed E-state index contributed by atoms with van der Waals surface area (Å²) in [5, 5.41) is 9.28. The van der Waals surface area contributed by atoms with Crippen LogP contribution in [0.15, 0.2) is 12.2 Å². The second kappa shape index (κ2) is 3.43. The Kier molecular flexibility index (Phi) is 2.43. The molecule has 0 radical (unpaired) electrons. The first kappa shape index (κ1) is 9.22. The maximum Gasteiger partial charge on any atom is 0.0625 e. The van der Waals surface area contributed by atoms with Crippen LogP contribution in [0.5, 0.6) is 0 Å². The lowest BCUT2D eigenvalue weighted by atomic mass is 10.0. The fourth-order valence-electron chi connectivity index (χ4n) is 2.58. The van der Waals surface area contributed by atoms with Gasteiger partial charge in [0, 0.05) is 6.04 Å². The van der Waals surface area contributed by atoms with E-state index in [4.69, 9.17) is 0 Å². The average molecular weight is 181 g/mol. The summed E-state index contributed by atoms with van der Waals surface area (Å²) in [4.78, 5) is 2.45. The van der Waals surface area contributed by atoms with E-state index in [-0.39, 0.29) is 12.6 Å². The van der Waals surface area contributed by atoms with Crippen molar-refractivity contribution in [3.63, 3.8) is 0 Å². The first-order chi connectivity index (χ1) is 6.24. The molecule has 0 aromatic carbocycles. The molecule has 74 valence electrons. The highest BCUT2D eigenvalue weighted by Crippen LogP contribution is 2.44. The van der Waals surface area contributed by atoms with Gasteiger partial charge in [0.25, 0.3) is 0 Å². The Morgan fingerprint density at radius 2 is 2.46 bits per heavy atom. The highest BCUT2D eigenvalue weighted by molar-refractivity contribution is 5.09. The molecule has 1 N–H and O–H groups in total. The number of rotatable bonds is 3. The molecule has 0 spiro atoms. The van der Waals surface area contributed by atoms with Gasteiger partial charge in [0.15, 0.2) is 0 Å². The lowest BCUT2D eigenvalue weighted by Gasteiger charge is -2.33. The SMILES string of the molecule is C=C(C)C(CO)N1CCCC2CC21. The first-order valence-corrected chi connectivity index (χ1v) is 5.26. The third-order valence-electron chi connectivity index (χ3n) is 3.44. The Hall–Kier alpha value is -0.340. The van der Waals surface area contributed by atoms with Crippen LogP contribution in [-0.4, -0.2) is 35.2 Å². The molecule has 2 fully saturated rings. The van der Waals surface area contributed by atoms with E-state index in [9.17, 15) is 5.11 Å². The number of aliphatic hydroxyl groups is 1. The average Bonchev–Trinajstić information content (AvgIpc) is 2.84. The van der Waals surface area contributed by atoms with Crippen molar-refractivity contribution in [3.8, 4) is 0 Å². The Labute approximate surface area is 80.2 Å².